The Morgan fingerprint density at radius 3 is 2.76 bits per heavy atom. The topological polar surface area (TPSA) is 65.2 Å². The van der Waals surface area contributed by atoms with Crippen molar-refractivity contribution in [2.45, 2.75) is 19.4 Å². The molecule has 0 aromatic carbocycles. The standard InChI is InChI=1S/C10H11BrF2N2O2/c1-17-8(16)3-7-6(11)2-5(4-14)9(15-7)10(12)13/h2,10H,3-4,14H2,1H3. The lowest BCUT2D eigenvalue weighted by Crippen LogP contribution is -2.11. The van der Waals surface area contributed by atoms with Crippen molar-refractivity contribution in [1.82, 2.24) is 4.98 Å². The predicted octanol–water partition coefficient (Wildman–Crippen LogP) is 1.96. The van der Waals surface area contributed by atoms with E-state index in [-0.39, 0.29) is 24.2 Å². The van der Waals surface area contributed by atoms with Crippen LogP contribution in [0.15, 0.2) is 10.5 Å². The lowest BCUT2D eigenvalue weighted by molar-refractivity contribution is -0.139. The molecule has 1 rings (SSSR count). The first-order chi connectivity index (χ1) is 7.99. The highest BCUT2D eigenvalue weighted by atomic mass is 79.9. The Hall–Kier alpha value is -1.08. The van der Waals surface area contributed by atoms with Crippen molar-refractivity contribution in [3.8, 4) is 0 Å². The summed E-state index contributed by atoms with van der Waals surface area (Å²) in [6.45, 7) is -0.0379. The quantitative estimate of drug-likeness (QED) is 0.864. The molecule has 0 amide bonds. The molecule has 4 nitrogen and oxygen atoms in total. The van der Waals surface area contributed by atoms with E-state index in [0.29, 0.717) is 4.47 Å². The number of methoxy groups -OCH3 is 1. The molecular weight excluding hydrogens is 298 g/mol. The zero-order chi connectivity index (χ0) is 13.0. The van der Waals surface area contributed by atoms with Crippen molar-refractivity contribution in [2.75, 3.05) is 7.11 Å². The van der Waals surface area contributed by atoms with Gasteiger partial charge in [0.1, 0.15) is 5.69 Å². The van der Waals surface area contributed by atoms with Crippen LogP contribution in [0.3, 0.4) is 0 Å². The Bertz CT molecular complexity index is 427. The van der Waals surface area contributed by atoms with E-state index in [9.17, 15) is 13.6 Å². The van der Waals surface area contributed by atoms with Gasteiger partial charge in [-0.1, -0.05) is 0 Å². The van der Waals surface area contributed by atoms with Crippen LogP contribution in [-0.4, -0.2) is 18.1 Å². The molecule has 1 aromatic heterocycles. The lowest BCUT2D eigenvalue weighted by Gasteiger charge is -2.10. The average Bonchev–Trinajstić information content (AvgIpc) is 2.30. The molecule has 0 bridgehead atoms. The van der Waals surface area contributed by atoms with Crippen LogP contribution in [0.5, 0.6) is 0 Å². The normalized spacial score (nSPS) is 10.7. The Labute approximate surface area is 105 Å². The molecule has 0 fully saturated rings. The number of hydrogen-bond donors (Lipinski definition) is 1. The number of halogens is 3. The van der Waals surface area contributed by atoms with Gasteiger partial charge in [-0.3, -0.25) is 4.79 Å². The van der Waals surface area contributed by atoms with Crippen molar-refractivity contribution in [2.24, 2.45) is 5.73 Å². The molecule has 94 valence electrons. The summed E-state index contributed by atoms with van der Waals surface area (Å²) in [6, 6.07) is 1.45. The third-order valence-corrected chi connectivity index (χ3v) is 2.81. The highest BCUT2D eigenvalue weighted by Gasteiger charge is 2.18. The van der Waals surface area contributed by atoms with Gasteiger partial charge in [-0.25, -0.2) is 13.8 Å². The maximum atomic E-state index is 12.7. The highest BCUT2D eigenvalue weighted by Crippen LogP contribution is 2.26. The Morgan fingerprint density at radius 1 is 1.65 bits per heavy atom. The molecule has 0 saturated carbocycles. The number of hydrogen-bond acceptors (Lipinski definition) is 4. The van der Waals surface area contributed by atoms with Crippen LogP contribution in [0.4, 0.5) is 8.78 Å². The second-order valence-corrected chi connectivity index (χ2v) is 4.07. The number of rotatable bonds is 4. The summed E-state index contributed by atoms with van der Waals surface area (Å²) < 4.78 is 30.3. The van der Waals surface area contributed by atoms with Crippen molar-refractivity contribution in [3.05, 3.63) is 27.5 Å². The Balaban J connectivity index is 3.15. The molecule has 0 saturated heterocycles. The van der Waals surface area contributed by atoms with Gasteiger partial charge in [-0.15, -0.1) is 0 Å². The van der Waals surface area contributed by atoms with Gasteiger partial charge in [0.25, 0.3) is 6.43 Å². The van der Waals surface area contributed by atoms with Crippen LogP contribution in [-0.2, 0) is 22.5 Å². The smallest absolute Gasteiger partial charge is 0.311 e. The van der Waals surface area contributed by atoms with Crippen molar-refractivity contribution < 1.29 is 18.3 Å². The van der Waals surface area contributed by atoms with E-state index in [4.69, 9.17) is 5.73 Å². The van der Waals surface area contributed by atoms with Gasteiger partial charge >= 0.3 is 5.97 Å². The molecule has 7 heteroatoms. The van der Waals surface area contributed by atoms with Gasteiger partial charge in [0.2, 0.25) is 0 Å². The molecule has 0 aliphatic heterocycles. The van der Waals surface area contributed by atoms with Gasteiger partial charge in [0.05, 0.1) is 19.2 Å². The van der Waals surface area contributed by atoms with E-state index in [1.165, 1.54) is 13.2 Å². The van der Waals surface area contributed by atoms with Crippen LogP contribution in [0.2, 0.25) is 0 Å². The van der Waals surface area contributed by atoms with Gasteiger partial charge in [-0.2, -0.15) is 0 Å². The first-order valence-corrected chi connectivity index (χ1v) is 5.52. The number of alkyl halides is 2. The van der Waals surface area contributed by atoms with Gasteiger partial charge < -0.3 is 10.5 Å². The molecular formula is C10H11BrF2N2O2. The molecule has 0 spiro atoms. The number of carbonyl (C=O) groups excluding carboxylic acids is 1. The minimum Gasteiger partial charge on any atom is -0.469 e. The first kappa shape index (κ1) is 14.0. The molecule has 1 aromatic rings. The highest BCUT2D eigenvalue weighted by molar-refractivity contribution is 9.10. The van der Waals surface area contributed by atoms with Crippen LogP contribution in [0, 0.1) is 0 Å². The number of aromatic nitrogens is 1. The van der Waals surface area contributed by atoms with Crippen LogP contribution in [0.1, 0.15) is 23.4 Å². The summed E-state index contributed by atoms with van der Waals surface area (Å²) in [7, 11) is 1.22. The van der Waals surface area contributed by atoms with Crippen LogP contribution < -0.4 is 5.73 Å². The molecule has 1 heterocycles. The summed E-state index contributed by atoms with van der Waals surface area (Å²) in [4.78, 5) is 14.8. The van der Waals surface area contributed by atoms with Gasteiger partial charge in [0, 0.05) is 11.0 Å². The molecule has 0 radical (unpaired) electrons. The van der Waals surface area contributed by atoms with E-state index in [1.807, 2.05) is 0 Å². The van der Waals surface area contributed by atoms with E-state index in [2.05, 4.69) is 25.7 Å². The van der Waals surface area contributed by atoms with Crippen molar-refractivity contribution in [3.63, 3.8) is 0 Å². The zero-order valence-corrected chi connectivity index (χ0v) is 10.6. The summed E-state index contributed by atoms with van der Waals surface area (Å²) in [5.41, 5.74) is 5.42. The SMILES string of the molecule is COC(=O)Cc1nc(C(F)F)c(CN)cc1Br. The lowest BCUT2D eigenvalue weighted by atomic mass is 10.1. The monoisotopic (exact) mass is 308 g/mol. The second-order valence-electron chi connectivity index (χ2n) is 3.22. The van der Waals surface area contributed by atoms with E-state index < -0.39 is 18.1 Å². The minimum atomic E-state index is -2.72. The zero-order valence-electron chi connectivity index (χ0n) is 9.04. The van der Waals surface area contributed by atoms with E-state index in [0.717, 1.165) is 0 Å². The molecule has 0 atom stereocenters. The van der Waals surface area contributed by atoms with E-state index >= 15 is 0 Å². The molecule has 0 aliphatic rings. The number of carbonyl (C=O) groups is 1. The average molecular weight is 309 g/mol. The number of nitrogens with zero attached hydrogens (tertiary/aromatic N) is 1. The largest absolute Gasteiger partial charge is 0.469 e. The molecule has 17 heavy (non-hydrogen) atoms. The summed E-state index contributed by atoms with van der Waals surface area (Å²) in [5, 5.41) is 0. The van der Waals surface area contributed by atoms with Gasteiger partial charge in [0.15, 0.2) is 0 Å². The summed E-state index contributed by atoms with van der Waals surface area (Å²) >= 11 is 3.16. The summed E-state index contributed by atoms with van der Waals surface area (Å²) in [5.74, 6) is -0.543. The van der Waals surface area contributed by atoms with Crippen molar-refractivity contribution in [1.29, 1.82) is 0 Å². The number of nitrogens with two attached hydrogens (primary N) is 1. The first-order valence-electron chi connectivity index (χ1n) is 4.72. The maximum Gasteiger partial charge on any atom is 0.311 e. The summed E-state index contributed by atoms with van der Waals surface area (Å²) in [6.07, 6.45) is -2.89. The minimum absolute atomic E-state index is 0.0379. The van der Waals surface area contributed by atoms with Crippen LogP contribution >= 0.6 is 15.9 Å². The number of pyridine rings is 1. The fourth-order valence-electron chi connectivity index (χ4n) is 1.27. The number of esters is 1. The Kier molecular flexibility index (Phi) is 4.95. The predicted molar refractivity (Wildman–Crippen MR) is 60.5 cm³/mol. The van der Waals surface area contributed by atoms with Gasteiger partial charge in [-0.05, 0) is 27.6 Å². The number of ether oxygens (including phenoxy) is 1. The third kappa shape index (κ3) is 3.44. The van der Waals surface area contributed by atoms with E-state index in [1.54, 1.807) is 0 Å². The van der Waals surface area contributed by atoms with Crippen molar-refractivity contribution >= 4 is 21.9 Å². The molecule has 2 N–H and O–H groups in total. The fourth-order valence-corrected chi connectivity index (χ4v) is 1.77. The fraction of sp³-hybridized carbons (Fsp3) is 0.400. The third-order valence-electron chi connectivity index (χ3n) is 2.13. The molecule has 0 unspecified atom stereocenters. The second kappa shape index (κ2) is 6.02. The molecule has 0 aliphatic carbocycles. The maximum absolute atomic E-state index is 12.7. The Morgan fingerprint density at radius 2 is 2.29 bits per heavy atom. The van der Waals surface area contributed by atoms with Crippen LogP contribution in [0.25, 0.3) is 0 Å².